The summed E-state index contributed by atoms with van der Waals surface area (Å²) < 4.78 is 0. The summed E-state index contributed by atoms with van der Waals surface area (Å²) in [6.45, 7) is 5.22. The second kappa shape index (κ2) is 5.46. The van der Waals surface area contributed by atoms with E-state index >= 15 is 0 Å². The molecule has 1 amide bonds. The van der Waals surface area contributed by atoms with Crippen molar-refractivity contribution < 1.29 is 4.79 Å². The average molecular weight is 256 g/mol. The number of hydrogen-bond acceptors (Lipinski definition) is 2. The van der Waals surface area contributed by atoms with E-state index in [1.807, 2.05) is 25.1 Å². The van der Waals surface area contributed by atoms with Gasteiger partial charge in [-0.05, 0) is 42.9 Å². The lowest BCUT2D eigenvalue weighted by Crippen LogP contribution is -2.29. The third-order valence-electron chi connectivity index (χ3n) is 3.60. The van der Waals surface area contributed by atoms with Crippen molar-refractivity contribution in [2.45, 2.75) is 26.7 Å². The van der Waals surface area contributed by atoms with Gasteiger partial charge in [0.2, 0.25) is 0 Å². The van der Waals surface area contributed by atoms with E-state index in [9.17, 15) is 4.79 Å². The summed E-state index contributed by atoms with van der Waals surface area (Å²) in [5.74, 6) is 5.75. The van der Waals surface area contributed by atoms with Crippen molar-refractivity contribution in [1.29, 1.82) is 0 Å². The zero-order valence-corrected chi connectivity index (χ0v) is 11.5. The summed E-state index contributed by atoms with van der Waals surface area (Å²) in [5.41, 5.74) is 8.18. The van der Waals surface area contributed by atoms with Crippen LogP contribution in [0.15, 0.2) is 18.2 Å². The minimum Gasteiger partial charge on any atom is -0.351 e. The Bertz CT molecular complexity index is 548. The molecule has 0 spiro atoms. The monoisotopic (exact) mass is 256 g/mol. The van der Waals surface area contributed by atoms with Gasteiger partial charge in [0, 0.05) is 17.7 Å². The minimum absolute atomic E-state index is 0.0120. The largest absolute Gasteiger partial charge is 0.351 e. The van der Waals surface area contributed by atoms with Gasteiger partial charge in [0.15, 0.2) is 0 Å². The molecule has 0 heterocycles. The highest BCUT2D eigenvalue weighted by atomic mass is 16.1. The van der Waals surface area contributed by atoms with E-state index in [0.717, 1.165) is 17.7 Å². The number of amides is 1. The number of carbonyl (C=O) groups excluding carboxylic acids is 1. The Labute approximate surface area is 114 Å². The van der Waals surface area contributed by atoms with Crippen LogP contribution in [0.25, 0.3) is 0 Å². The van der Waals surface area contributed by atoms with Crippen molar-refractivity contribution >= 4 is 5.91 Å². The lowest BCUT2D eigenvalue weighted by molar-refractivity contribution is 0.0945. The number of aryl methyl sites for hydroxylation is 1. The van der Waals surface area contributed by atoms with E-state index in [1.54, 1.807) is 0 Å². The lowest BCUT2D eigenvalue weighted by Gasteiger charge is -2.11. The summed E-state index contributed by atoms with van der Waals surface area (Å²) in [5, 5.41) is 3.01. The molecule has 1 saturated carbocycles. The van der Waals surface area contributed by atoms with Gasteiger partial charge in [-0.3, -0.25) is 4.79 Å². The van der Waals surface area contributed by atoms with Crippen LogP contribution in [-0.2, 0) is 0 Å². The van der Waals surface area contributed by atoms with Gasteiger partial charge in [0.05, 0.1) is 6.54 Å². The summed E-state index contributed by atoms with van der Waals surface area (Å²) in [4.78, 5) is 12.2. The Morgan fingerprint density at radius 1 is 1.47 bits per heavy atom. The van der Waals surface area contributed by atoms with Crippen molar-refractivity contribution in [2.24, 2.45) is 11.1 Å². The summed E-state index contributed by atoms with van der Waals surface area (Å²) in [6, 6.07) is 5.67. The Kier molecular flexibility index (Phi) is 3.92. The van der Waals surface area contributed by atoms with Gasteiger partial charge in [-0.2, -0.15) is 0 Å². The molecule has 0 radical (unpaired) electrons. The Hall–Kier alpha value is -1.79. The molecule has 1 fully saturated rings. The number of nitrogens with one attached hydrogen (secondary N) is 1. The Morgan fingerprint density at radius 2 is 2.21 bits per heavy atom. The van der Waals surface area contributed by atoms with Gasteiger partial charge in [-0.1, -0.05) is 24.8 Å². The van der Waals surface area contributed by atoms with E-state index in [2.05, 4.69) is 24.1 Å². The number of carbonyl (C=O) groups is 1. The molecule has 1 aromatic rings. The topological polar surface area (TPSA) is 55.1 Å². The highest BCUT2D eigenvalue weighted by Gasteiger charge is 2.37. The zero-order chi connectivity index (χ0) is 13.9. The molecular formula is C16H20N2O. The van der Waals surface area contributed by atoms with Gasteiger partial charge >= 0.3 is 0 Å². The fourth-order valence-corrected chi connectivity index (χ4v) is 1.88. The third-order valence-corrected chi connectivity index (χ3v) is 3.60. The van der Waals surface area contributed by atoms with E-state index < -0.39 is 0 Å². The first kappa shape index (κ1) is 13.6. The molecule has 1 aromatic carbocycles. The molecule has 0 atom stereocenters. The van der Waals surface area contributed by atoms with Crippen LogP contribution in [0, 0.1) is 24.2 Å². The number of hydrogen-bond donors (Lipinski definition) is 2. The summed E-state index contributed by atoms with van der Waals surface area (Å²) >= 11 is 0. The van der Waals surface area contributed by atoms with Crippen molar-refractivity contribution in [3.05, 3.63) is 34.9 Å². The van der Waals surface area contributed by atoms with Gasteiger partial charge in [0.25, 0.3) is 5.91 Å². The van der Waals surface area contributed by atoms with Gasteiger partial charge in [-0.25, -0.2) is 0 Å². The second-order valence-corrected chi connectivity index (χ2v) is 5.53. The smallest absolute Gasteiger partial charge is 0.251 e. The van der Waals surface area contributed by atoms with Crippen LogP contribution in [0.2, 0.25) is 0 Å². The molecule has 0 saturated heterocycles. The fourth-order valence-electron chi connectivity index (χ4n) is 1.88. The maximum absolute atomic E-state index is 12.2. The molecule has 0 aliphatic heterocycles. The highest BCUT2D eigenvalue weighted by Crippen LogP contribution is 2.44. The molecule has 1 aliphatic carbocycles. The zero-order valence-electron chi connectivity index (χ0n) is 11.5. The standard InChI is InChI=1S/C16H20N2O/c1-12-5-6-13(4-3-9-17)10-14(12)15(19)18-11-16(2)7-8-16/h5-6,10H,7-9,11,17H2,1-2H3,(H,18,19). The summed E-state index contributed by atoms with van der Waals surface area (Å²) in [6.07, 6.45) is 2.41. The molecule has 0 bridgehead atoms. The third kappa shape index (κ3) is 3.59. The van der Waals surface area contributed by atoms with Crippen molar-refractivity contribution in [3.8, 4) is 11.8 Å². The minimum atomic E-state index is -0.0120. The van der Waals surface area contributed by atoms with E-state index in [-0.39, 0.29) is 5.91 Å². The maximum atomic E-state index is 12.2. The van der Waals surface area contributed by atoms with Crippen LogP contribution >= 0.6 is 0 Å². The van der Waals surface area contributed by atoms with Crippen LogP contribution in [-0.4, -0.2) is 19.0 Å². The fraction of sp³-hybridized carbons (Fsp3) is 0.438. The molecule has 3 nitrogen and oxygen atoms in total. The van der Waals surface area contributed by atoms with Gasteiger partial charge in [0.1, 0.15) is 0 Å². The normalized spacial score (nSPS) is 15.3. The van der Waals surface area contributed by atoms with Crippen LogP contribution < -0.4 is 11.1 Å². The quantitative estimate of drug-likeness (QED) is 0.811. The molecule has 0 unspecified atom stereocenters. The maximum Gasteiger partial charge on any atom is 0.251 e. The van der Waals surface area contributed by atoms with Crippen LogP contribution in [0.3, 0.4) is 0 Å². The number of benzene rings is 1. The molecule has 19 heavy (non-hydrogen) atoms. The van der Waals surface area contributed by atoms with Crippen molar-refractivity contribution in [2.75, 3.05) is 13.1 Å². The van der Waals surface area contributed by atoms with Crippen LogP contribution in [0.1, 0.15) is 41.3 Å². The van der Waals surface area contributed by atoms with Crippen LogP contribution in [0.4, 0.5) is 0 Å². The lowest BCUT2D eigenvalue weighted by atomic mass is 10.0. The number of nitrogens with two attached hydrogens (primary N) is 1. The van der Waals surface area contributed by atoms with Gasteiger partial charge < -0.3 is 11.1 Å². The SMILES string of the molecule is Cc1ccc(C#CCN)cc1C(=O)NCC1(C)CC1. The molecule has 100 valence electrons. The molecule has 0 aromatic heterocycles. The predicted octanol–water partition coefficient (Wildman–Crippen LogP) is 1.84. The van der Waals surface area contributed by atoms with E-state index in [0.29, 0.717) is 17.5 Å². The first-order valence-electron chi connectivity index (χ1n) is 6.62. The summed E-state index contributed by atoms with van der Waals surface area (Å²) in [7, 11) is 0. The average Bonchev–Trinajstić information content (AvgIpc) is 3.13. The molecule has 3 heteroatoms. The second-order valence-electron chi connectivity index (χ2n) is 5.53. The van der Waals surface area contributed by atoms with Crippen molar-refractivity contribution in [1.82, 2.24) is 5.32 Å². The van der Waals surface area contributed by atoms with Gasteiger partial charge in [-0.15, -0.1) is 0 Å². The van der Waals surface area contributed by atoms with Crippen molar-refractivity contribution in [3.63, 3.8) is 0 Å². The molecule has 1 aliphatic rings. The number of rotatable bonds is 3. The molecule has 3 N–H and O–H groups in total. The highest BCUT2D eigenvalue weighted by molar-refractivity contribution is 5.96. The molecular weight excluding hydrogens is 236 g/mol. The predicted molar refractivity (Wildman–Crippen MR) is 76.8 cm³/mol. The molecule has 2 rings (SSSR count). The Balaban J connectivity index is 2.10. The van der Waals surface area contributed by atoms with Crippen LogP contribution in [0.5, 0.6) is 0 Å². The first-order valence-corrected chi connectivity index (χ1v) is 6.62. The van der Waals surface area contributed by atoms with E-state index in [4.69, 9.17) is 5.73 Å². The Morgan fingerprint density at radius 3 is 2.84 bits per heavy atom. The first-order chi connectivity index (χ1) is 9.04. The van der Waals surface area contributed by atoms with E-state index in [1.165, 1.54) is 12.8 Å².